The number of hydrogen-bond donors (Lipinski definition) is 5. The Morgan fingerprint density at radius 1 is 1.18 bits per heavy atom. The lowest BCUT2D eigenvalue weighted by Crippen LogP contribution is -2.48. The number of hydrogen-bond acceptors (Lipinski definition) is 10. The normalized spacial score (nSPS) is 29.1. The number of aromatic nitrogens is 4. The Morgan fingerprint density at radius 2 is 1.93 bits per heavy atom. The van der Waals surface area contributed by atoms with Crippen molar-refractivity contribution in [2.45, 2.75) is 24.5 Å². The molecule has 28 heavy (non-hydrogen) atoms. The first-order chi connectivity index (χ1) is 13.5. The Hall–Kier alpha value is -2.09. The molecule has 0 spiro atoms. The third-order valence-corrected chi connectivity index (χ3v) is 5.31. The molecule has 4 rings (SSSR count). The molecule has 154 valence electrons. The van der Waals surface area contributed by atoms with E-state index in [2.05, 4.69) is 19.9 Å². The van der Waals surface area contributed by atoms with E-state index in [0.29, 0.717) is 38.7 Å². The molecule has 0 saturated carbocycles. The van der Waals surface area contributed by atoms with Crippen LogP contribution < -0.4 is 10.5 Å². The number of aliphatic hydroxyl groups is 4. The maximum atomic E-state index is 12.2. The molecule has 0 radical (unpaired) electrons. The van der Waals surface area contributed by atoms with Crippen LogP contribution in [0.5, 0.6) is 0 Å². The summed E-state index contributed by atoms with van der Waals surface area (Å²) in [4.78, 5) is 27.4. The van der Waals surface area contributed by atoms with E-state index in [0.717, 1.165) is 0 Å². The number of anilines is 1. The number of aromatic amines is 1. The number of rotatable bonds is 5. The number of β-amino-alcohol motifs (C(OH)–C–C–N with tert-alkyl or cyclic N) is 1. The highest BCUT2D eigenvalue weighted by atomic mass is 16.6. The Kier molecular flexibility index (Phi) is 5.31. The van der Waals surface area contributed by atoms with Gasteiger partial charge in [0.05, 0.1) is 19.5 Å². The van der Waals surface area contributed by atoms with Crippen LogP contribution in [0.25, 0.3) is 11.2 Å². The lowest BCUT2D eigenvalue weighted by Gasteiger charge is -2.35. The molecule has 2 fully saturated rings. The fourth-order valence-electron chi connectivity index (χ4n) is 3.77. The molecule has 2 aromatic heterocycles. The quantitative estimate of drug-likeness (QED) is 0.349. The molecule has 0 amide bonds. The predicted molar refractivity (Wildman–Crippen MR) is 96.9 cm³/mol. The Bertz CT molecular complexity index is 878. The maximum absolute atomic E-state index is 12.2. The molecule has 12 heteroatoms. The van der Waals surface area contributed by atoms with Crippen LogP contribution in [-0.2, 0) is 4.74 Å². The van der Waals surface area contributed by atoms with E-state index in [1.165, 1.54) is 10.9 Å². The summed E-state index contributed by atoms with van der Waals surface area (Å²) in [5.74, 6) is 0.401. The third-order valence-electron chi connectivity index (χ3n) is 5.31. The molecule has 12 nitrogen and oxygen atoms in total. The standard InChI is InChI=1S/C16H24N6O6/c23-6-5-20-1-3-21(4-2-20)16-19-10-13(17-8-18-14(10)27)22(16)15-12(26)11(25)9(7-24)28-15/h8-9,11-12,15,23-26H,1-7H2,(H,17,18,27)/t9-,11+,12+,15+/m0/s1. The predicted octanol–water partition coefficient (Wildman–Crippen LogP) is -3.15. The Balaban J connectivity index is 1.74. The second-order valence-electron chi connectivity index (χ2n) is 6.97. The Morgan fingerprint density at radius 3 is 2.57 bits per heavy atom. The molecule has 2 aliphatic heterocycles. The number of fused-ring (bicyclic) bond motifs is 1. The number of nitrogens with one attached hydrogen (secondary N) is 1. The average Bonchev–Trinajstić information content (AvgIpc) is 3.22. The molecular formula is C16H24N6O6. The van der Waals surface area contributed by atoms with Crippen molar-refractivity contribution in [2.24, 2.45) is 0 Å². The molecule has 2 aliphatic rings. The van der Waals surface area contributed by atoms with Crippen LogP contribution in [0.15, 0.2) is 11.1 Å². The van der Waals surface area contributed by atoms with Gasteiger partial charge < -0.3 is 35.0 Å². The largest absolute Gasteiger partial charge is 0.395 e. The first-order valence-electron chi connectivity index (χ1n) is 9.21. The average molecular weight is 396 g/mol. The maximum Gasteiger partial charge on any atom is 0.278 e. The summed E-state index contributed by atoms with van der Waals surface area (Å²) in [6.45, 7) is 2.80. The van der Waals surface area contributed by atoms with Crippen LogP contribution in [0.4, 0.5) is 5.95 Å². The fraction of sp³-hybridized carbons (Fsp3) is 0.688. The van der Waals surface area contributed by atoms with Gasteiger partial charge >= 0.3 is 0 Å². The van der Waals surface area contributed by atoms with E-state index in [1.54, 1.807) is 0 Å². The monoisotopic (exact) mass is 396 g/mol. The number of H-pyrrole nitrogens is 1. The van der Waals surface area contributed by atoms with Crippen molar-refractivity contribution < 1.29 is 25.2 Å². The van der Waals surface area contributed by atoms with Crippen LogP contribution >= 0.6 is 0 Å². The minimum absolute atomic E-state index is 0.0837. The van der Waals surface area contributed by atoms with Gasteiger partial charge in [0.15, 0.2) is 17.4 Å². The van der Waals surface area contributed by atoms with Crippen LogP contribution in [0.3, 0.4) is 0 Å². The highest BCUT2D eigenvalue weighted by Crippen LogP contribution is 2.35. The molecule has 5 N–H and O–H groups in total. The second-order valence-corrected chi connectivity index (χ2v) is 6.97. The lowest BCUT2D eigenvalue weighted by atomic mass is 10.1. The summed E-state index contributed by atoms with van der Waals surface area (Å²) >= 11 is 0. The number of nitrogens with zero attached hydrogens (tertiary/aromatic N) is 5. The van der Waals surface area contributed by atoms with Gasteiger partial charge in [-0.15, -0.1) is 0 Å². The van der Waals surface area contributed by atoms with Crippen molar-refractivity contribution in [2.75, 3.05) is 50.8 Å². The Labute approximate surface area is 159 Å². The summed E-state index contributed by atoms with van der Waals surface area (Å²) in [5, 5.41) is 39.1. The molecule has 2 saturated heterocycles. The molecular weight excluding hydrogens is 372 g/mol. The molecule has 0 unspecified atom stereocenters. The van der Waals surface area contributed by atoms with Gasteiger partial charge in [0.25, 0.3) is 5.56 Å². The molecule has 0 bridgehead atoms. The van der Waals surface area contributed by atoms with E-state index < -0.39 is 36.7 Å². The van der Waals surface area contributed by atoms with Gasteiger partial charge in [-0.2, -0.15) is 0 Å². The van der Waals surface area contributed by atoms with Crippen molar-refractivity contribution in [3.05, 3.63) is 16.7 Å². The molecule has 0 aliphatic carbocycles. The lowest BCUT2D eigenvalue weighted by molar-refractivity contribution is -0.0505. The van der Waals surface area contributed by atoms with Gasteiger partial charge in [0.2, 0.25) is 5.95 Å². The second kappa shape index (κ2) is 7.73. The van der Waals surface area contributed by atoms with E-state index in [4.69, 9.17) is 9.84 Å². The van der Waals surface area contributed by atoms with E-state index in [-0.39, 0.29) is 17.8 Å². The van der Waals surface area contributed by atoms with E-state index in [1.807, 2.05) is 4.90 Å². The van der Waals surface area contributed by atoms with Gasteiger partial charge in [-0.25, -0.2) is 9.97 Å². The highest BCUT2D eigenvalue weighted by molar-refractivity contribution is 5.74. The first-order valence-corrected chi connectivity index (χ1v) is 9.21. The number of aliphatic hydroxyl groups excluding tert-OH is 4. The SMILES string of the molecule is O=c1[nH]cnc2c1nc(N1CCN(CCO)CC1)n2[C@@H]1O[C@@H](CO)[C@@H](O)[C@H]1O. The zero-order chi connectivity index (χ0) is 19.8. The van der Waals surface area contributed by atoms with Gasteiger partial charge in [0.1, 0.15) is 18.3 Å². The molecule has 4 atom stereocenters. The van der Waals surface area contributed by atoms with Crippen molar-refractivity contribution >= 4 is 17.1 Å². The van der Waals surface area contributed by atoms with Crippen LogP contribution in [0, 0.1) is 0 Å². The summed E-state index contributed by atoms with van der Waals surface area (Å²) in [6.07, 6.45) is -3.34. The van der Waals surface area contributed by atoms with Crippen LogP contribution in [-0.4, -0.2) is 109 Å². The zero-order valence-electron chi connectivity index (χ0n) is 15.2. The number of piperazine rings is 1. The zero-order valence-corrected chi connectivity index (χ0v) is 15.2. The number of ether oxygens (including phenoxy) is 1. The molecule has 4 heterocycles. The van der Waals surface area contributed by atoms with Crippen molar-refractivity contribution in [3.63, 3.8) is 0 Å². The van der Waals surface area contributed by atoms with E-state index >= 15 is 0 Å². The van der Waals surface area contributed by atoms with Crippen LogP contribution in [0.1, 0.15) is 6.23 Å². The third kappa shape index (κ3) is 3.17. The van der Waals surface area contributed by atoms with Gasteiger partial charge in [-0.05, 0) is 0 Å². The summed E-state index contributed by atoms with van der Waals surface area (Å²) < 4.78 is 7.18. The van der Waals surface area contributed by atoms with Crippen molar-refractivity contribution in [3.8, 4) is 0 Å². The minimum Gasteiger partial charge on any atom is -0.395 e. The van der Waals surface area contributed by atoms with E-state index in [9.17, 15) is 20.1 Å². The molecule has 2 aromatic rings. The first kappa shape index (κ1) is 19.2. The van der Waals surface area contributed by atoms with Gasteiger partial charge in [-0.1, -0.05) is 0 Å². The van der Waals surface area contributed by atoms with Crippen LogP contribution in [0.2, 0.25) is 0 Å². The smallest absolute Gasteiger partial charge is 0.278 e. The van der Waals surface area contributed by atoms with Crippen molar-refractivity contribution in [1.82, 2.24) is 24.4 Å². The summed E-state index contributed by atoms with van der Waals surface area (Å²) in [5.41, 5.74) is -0.0879. The summed E-state index contributed by atoms with van der Waals surface area (Å²) in [7, 11) is 0. The van der Waals surface area contributed by atoms with Gasteiger partial charge in [0, 0.05) is 32.7 Å². The topological polar surface area (TPSA) is 160 Å². The fourth-order valence-corrected chi connectivity index (χ4v) is 3.77. The highest BCUT2D eigenvalue weighted by Gasteiger charge is 2.45. The minimum atomic E-state index is -1.31. The van der Waals surface area contributed by atoms with Crippen molar-refractivity contribution in [1.29, 1.82) is 0 Å². The number of imidazole rings is 1. The molecule has 0 aromatic carbocycles. The summed E-state index contributed by atoms with van der Waals surface area (Å²) in [6, 6.07) is 0. The van der Waals surface area contributed by atoms with Gasteiger partial charge in [-0.3, -0.25) is 14.3 Å².